The normalized spacial score (nSPS) is 11.8. The lowest BCUT2D eigenvalue weighted by atomic mass is 10.1. The van der Waals surface area contributed by atoms with Crippen LogP contribution in [0.5, 0.6) is 0 Å². The van der Waals surface area contributed by atoms with E-state index >= 15 is 0 Å². The summed E-state index contributed by atoms with van der Waals surface area (Å²) in [5.41, 5.74) is 11.4. The van der Waals surface area contributed by atoms with E-state index in [1.54, 1.807) is 0 Å². The van der Waals surface area contributed by atoms with Crippen LogP contribution in [0.4, 0.5) is 0 Å². The number of aromatic nitrogens is 4. The first kappa shape index (κ1) is 25.9. The summed E-state index contributed by atoms with van der Waals surface area (Å²) in [6.07, 6.45) is 4.04. The fourth-order valence-corrected chi connectivity index (χ4v) is 7.39. The Morgan fingerprint density at radius 1 is 0.383 bits per heavy atom. The molecule has 47 heavy (non-hydrogen) atoms. The van der Waals surface area contributed by atoms with Crippen LogP contribution in [0.25, 0.3) is 82.8 Å². The van der Waals surface area contributed by atoms with Gasteiger partial charge in [0.05, 0.1) is 33.3 Å². The molecule has 0 N–H and O–H groups in total. The zero-order valence-corrected chi connectivity index (χ0v) is 25.5. The molecule has 0 bridgehead atoms. The smallest absolute Gasteiger partial charge is 0.0702 e. The van der Waals surface area contributed by atoms with Crippen molar-refractivity contribution in [2.45, 2.75) is 0 Å². The molecule has 0 aliphatic heterocycles. The zero-order chi connectivity index (χ0) is 30.9. The minimum atomic E-state index is 0.960. The van der Waals surface area contributed by atoms with Crippen LogP contribution in [0.1, 0.15) is 0 Å². The Kier molecular flexibility index (Phi) is 5.54. The zero-order valence-electron chi connectivity index (χ0n) is 25.5. The highest BCUT2D eigenvalue weighted by atomic mass is 15.0. The summed E-state index contributed by atoms with van der Waals surface area (Å²) in [5.74, 6) is 0. The lowest BCUT2D eigenvalue weighted by Crippen LogP contribution is -1.97. The number of rotatable bonds is 4. The van der Waals surface area contributed by atoms with Crippen LogP contribution in [0.15, 0.2) is 170 Å². The van der Waals surface area contributed by atoms with Crippen molar-refractivity contribution in [3.05, 3.63) is 170 Å². The van der Waals surface area contributed by atoms with Gasteiger partial charge in [0, 0.05) is 62.0 Å². The van der Waals surface area contributed by atoms with Crippen LogP contribution >= 0.6 is 0 Å². The highest BCUT2D eigenvalue weighted by Crippen LogP contribution is 2.41. The fraction of sp³-hybridized carbons (Fsp3) is 0. The molecule has 10 rings (SSSR count). The maximum Gasteiger partial charge on any atom is 0.0702 e. The summed E-state index contributed by atoms with van der Waals surface area (Å²) in [7, 11) is 0. The van der Waals surface area contributed by atoms with E-state index in [1.807, 2.05) is 18.3 Å². The van der Waals surface area contributed by atoms with Gasteiger partial charge in [-0.15, -0.1) is 0 Å². The van der Waals surface area contributed by atoms with Gasteiger partial charge < -0.3 is 13.7 Å². The van der Waals surface area contributed by atoms with Crippen molar-refractivity contribution in [1.82, 2.24) is 18.7 Å². The molecule has 0 saturated carbocycles. The number of pyridine rings is 1. The summed E-state index contributed by atoms with van der Waals surface area (Å²) < 4.78 is 7.12. The predicted molar refractivity (Wildman–Crippen MR) is 195 cm³/mol. The van der Waals surface area contributed by atoms with Crippen LogP contribution < -0.4 is 0 Å². The van der Waals surface area contributed by atoms with Crippen LogP contribution in [0.2, 0.25) is 0 Å². The minimum Gasteiger partial charge on any atom is -0.316 e. The molecule has 6 aromatic carbocycles. The van der Waals surface area contributed by atoms with Crippen LogP contribution in [-0.2, 0) is 0 Å². The summed E-state index contributed by atoms with van der Waals surface area (Å²) in [6, 6.07) is 56.6. The lowest BCUT2D eigenvalue weighted by Gasteiger charge is -2.12. The highest BCUT2D eigenvalue weighted by Gasteiger charge is 2.20. The molecular weight excluding hydrogens is 573 g/mol. The van der Waals surface area contributed by atoms with Gasteiger partial charge in [-0.1, -0.05) is 72.8 Å². The third kappa shape index (κ3) is 3.92. The molecule has 0 fully saturated rings. The number of fused-ring (bicyclic) bond motifs is 7. The molecular formula is C43H28N4. The number of hydrogen-bond donors (Lipinski definition) is 0. The van der Waals surface area contributed by atoms with E-state index in [2.05, 4.69) is 170 Å². The first-order chi connectivity index (χ1) is 23.3. The van der Waals surface area contributed by atoms with Crippen LogP contribution in [0, 0.1) is 0 Å². The largest absolute Gasteiger partial charge is 0.316 e. The molecule has 0 aliphatic carbocycles. The Morgan fingerprint density at radius 3 is 1.81 bits per heavy atom. The Labute approximate surface area is 271 Å². The van der Waals surface area contributed by atoms with Gasteiger partial charge in [-0.25, -0.2) is 0 Å². The number of nitrogens with zero attached hydrogens (tertiary/aromatic N) is 4. The van der Waals surface area contributed by atoms with Gasteiger partial charge in [-0.05, 0) is 84.9 Å². The standard InChI is InChI=1S/C43H28N4/c1-3-13-31(14-4-1)45-23-21-30-25-35-37-26-36-34-18-7-8-20-39(34)46(32-15-5-2-6-16-32)42(36)28-43(37)47(41(35)27-40(30)45)33-17-11-12-29(24-33)38-19-9-10-22-44-38/h1-28H. The van der Waals surface area contributed by atoms with Gasteiger partial charge in [0.15, 0.2) is 0 Å². The van der Waals surface area contributed by atoms with E-state index in [-0.39, 0.29) is 0 Å². The van der Waals surface area contributed by atoms with Crippen molar-refractivity contribution in [3.63, 3.8) is 0 Å². The second-order valence-electron chi connectivity index (χ2n) is 12.1. The average Bonchev–Trinajstić information content (AvgIpc) is 3.80. The molecule has 220 valence electrons. The highest BCUT2D eigenvalue weighted by molar-refractivity contribution is 6.20. The average molecular weight is 601 g/mol. The molecule has 0 aliphatic rings. The maximum absolute atomic E-state index is 4.67. The monoisotopic (exact) mass is 600 g/mol. The predicted octanol–water partition coefficient (Wildman–Crippen LogP) is 10.9. The van der Waals surface area contributed by atoms with Crippen LogP contribution in [0.3, 0.4) is 0 Å². The lowest BCUT2D eigenvalue weighted by molar-refractivity contribution is 1.12. The minimum absolute atomic E-state index is 0.960. The van der Waals surface area contributed by atoms with Crippen molar-refractivity contribution >= 4 is 54.5 Å². The number of para-hydroxylation sites is 3. The molecule has 4 nitrogen and oxygen atoms in total. The van der Waals surface area contributed by atoms with E-state index < -0.39 is 0 Å². The molecule has 0 amide bonds. The summed E-state index contributed by atoms with van der Waals surface area (Å²) >= 11 is 0. The molecule has 0 radical (unpaired) electrons. The van der Waals surface area contributed by atoms with E-state index in [0.29, 0.717) is 0 Å². The quantitative estimate of drug-likeness (QED) is 0.197. The van der Waals surface area contributed by atoms with Gasteiger partial charge in [0.1, 0.15) is 0 Å². The van der Waals surface area contributed by atoms with E-state index in [9.17, 15) is 0 Å². The van der Waals surface area contributed by atoms with E-state index in [0.717, 1.165) is 28.3 Å². The molecule has 4 heteroatoms. The second-order valence-corrected chi connectivity index (χ2v) is 12.1. The van der Waals surface area contributed by atoms with Gasteiger partial charge >= 0.3 is 0 Å². The topological polar surface area (TPSA) is 27.7 Å². The maximum atomic E-state index is 4.67. The Hall–Kier alpha value is -6.39. The molecule has 0 spiro atoms. The first-order valence-corrected chi connectivity index (χ1v) is 16.0. The molecule has 0 unspecified atom stereocenters. The second kappa shape index (κ2) is 10.1. The number of benzene rings is 6. The van der Waals surface area contributed by atoms with Crippen LogP contribution in [-0.4, -0.2) is 18.7 Å². The Bertz CT molecular complexity index is 2770. The molecule has 4 heterocycles. The van der Waals surface area contributed by atoms with Crippen molar-refractivity contribution in [1.29, 1.82) is 0 Å². The Balaban J connectivity index is 1.35. The molecule has 0 atom stereocenters. The van der Waals surface area contributed by atoms with Crippen molar-refractivity contribution in [2.24, 2.45) is 0 Å². The molecule has 4 aromatic heterocycles. The van der Waals surface area contributed by atoms with Crippen molar-refractivity contribution in [3.8, 4) is 28.3 Å². The van der Waals surface area contributed by atoms with Crippen molar-refractivity contribution in [2.75, 3.05) is 0 Å². The van der Waals surface area contributed by atoms with Gasteiger partial charge in [-0.3, -0.25) is 4.98 Å². The summed E-state index contributed by atoms with van der Waals surface area (Å²) in [6.45, 7) is 0. The third-order valence-electron chi connectivity index (χ3n) is 9.48. The SMILES string of the molecule is c1ccc(-n2ccc3cc4c5cc6c7ccccc7n(-c7ccccc7)c6cc5n(-c5cccc(-c6ccccn6)c5)c4cc32)cc1. The van der Waals surface area contributed by atoms with E-state index in [1.165, 1.54) is 54.5 Å². The summed E-state index contributed by atoms with van der Waals surface area (Å²) in [5, 5.41) is 6.19. The van der Waals surface area contributed by atoms with Gasteiger partial charge in [0.25, 0.3) is 0 Å². The first-order valence-electron chi connectivity index (χ1n) is 16.0. The molecule has 10 aromatic rings. The number of hydrogen-bond acceptors (Lipinski definition) is 1. The van der Waals surface area contributed by atoms with Crippen molar-refractivity contribution < 1.29 is 0 Å². The molecule has 0 saturated heterocycles. The summed E-state index contributed by atoms with van der Waals surface area (Å²) in [4.78, 5) is 4.67. The van der Waals surface area contributed by atoms with E-state index in [4.69, 9.17) is 0 Å². The fourth-order valence-electron chi connectivity index (χ4n) is 7.39. The van der Waals surface area contributed by atoms with Gasteiger partial charge in [0.2, 0.25) is 0 Å². The Morgan fingerprint density at radius 2 is 1.02 bits per heavy atom. The van der Waals surface area contributed by atoms with Gasteiger partial charge in [-0.2, -0.15) is 0 Å². The third-order valence-corrected chi connectivity index (χ3v) is 9.48.